The highest BCUT2D eigenvalue weighted by molar-refractivity contribution is 6.09. The van der Waals surface area contributed by atoms with E-state index in [0.717, 1.165) is 12.1 Å². The van der Waals surface area contributed by atoms with Crippen LogP contribution in [-0.2, 0) is 0 Å². The summed E-state index contributed by atoms with van der Waals surface area (Å²) in [7, 11) is 0. The fraction of sp³-hybridized carbons (Fsp3) is 0. The maximum absolute atomic E-state index is 12.2. The molecule has 0 heterocycles. The highest BCUT2D eigenvalue weighted by Crippen LogP contribution is 2.43. The second-order valence-corrected chi connectivity index (χ2v) is 7.78. The van der Waals surface area contributed by atoms with E-state index in [9.17, 15) is 39.6 Å². The third kappa shape index (κ3) is 4.73. The van der Waals surface area contributed by atoms with E-state index >= 15 is 0 Å². The van der Waals surface area contributed by atoms with Crippen molar-refractivity contribution in [2.45, 2.75) is 0 Å². The summed E-state index contributed by atoms with van der Waals surface area (Å²) in [6.45, 7) is 0. The maximum Gasteiger partial charge on any atom is 0.337 e. The third-order valence-corrected chi connectivity index (χ3v) is 5.57. The number of ether oxygens (including phenoxy) is 1. The van der Waals surface area contributed by atoms with Gasteiger partial charge in [-0.3, -0.25) is 0 Å². The molecule has 0 radical (unpaired) electrons. The molecule has 37 heavy (non-hydrogen) atoms. The van der Waals surface area contributed by atoms with Gasteiger partial charge >= 0.3 is 23.9 Å². The van der Waals surface area contributed by atoms with Crippen LogP contribution < -0.4 is 4.74 Å². The summed E-state index contributed by atoms with van der Waals surface area (Å²) in [5, 5.41) is 39.1. The lowest BCUT2D eigenvalue weighted by Crippen LogP contribution is -2.12. The lowest BCUT2D eigenvalue weighted by molar-refractivity contribution is 0.0651. The minimum atomic E-state index is -1.50. The maximum atomic E-state index is 12.2. The highest BCUT2D eigenvalue weighted by atomic mass is 16.5. The molecule has 0 spiro atoms. The smallest absolute Gasteiger partial charge is 0.337 e. The number of hydrogen-bond acceptors (Lipinski definition) is 5. The molecular formula is C28H18O9. The topological polar surface area (TPSA) is 158 Å². The van der Waals surface area contributed by atoms with E-state index < -0.39 is 46.1 Å². The molecule has 0 amide bonds. The van der Waals surface area contributed by atoms with Crippen LogP contribution in [0.2, 0.25) is 0 Å². The standard InChI is InChI=1S/C28H18O9/c29-25(30)17-11-13-19(21(23(17)27(33)34)15-7-3-1-4-8-15)37-20-14-12-18(26(31)32)24(28(35)36)22(20)16-9-5-2-6-10-16/h1-14H,(H,29,30)(H,31,32)(H,33,34)(H,35,36). The summed E-state index contributed by atoms with van der Waals surface area (Å²) in [6.07, 6.45) is 0. The molecule has 0 fully saturated rings. The Morgan fingerprint density at radius 1 is 0.459 bits per heavy atom. The molecule has 0 aliphatic rings. The normalized spacial score (nSPS) is 10.5. The number of carbonyl (C=O) groups is 4. The van der Waals surface area contributed by atoms with Gasteiger partial charge in [-0.25, -0.2) is 19.2 Å². The van der Waals surface area contributed by atoms with Gasteiger partial charge in [0.25, 0.3) is 0 Å². The van der Waals surface area contributed by atoms with Crippen LogP contribution in [0.5, 0.6) is 11.5 Å². The van der Waals surface area contributed by atoms with Gasteiger partial charge < -0.3 is 25.2 Å². The van der Waals surface area contributed by atoms with Crippen LogP contribution in [0.25, 0.3) is 22.3 Å². The van der Waals surface area contributed by atoms with Crippen molar-refractivity contribution in [3.8, 4) is 33.8 Å². The fourth-order valence-electron chi connectivity index (χ4n) is 4.04. The quantitative estimate of drug-likeness (QED) is 0.242. The first-order valence-corrected chi connectivity index (χ1v) is 10.8. The molecule has 0 unspecified atom stereocenters. The van der Waals surface area contributed by atoms with E-state index in [0.29, 0.717) is 11.1 Å². The van der Waals surface area contributed by atoms with Crippen molar-refractivity contribution in [3.05, 3.63) is 107 Å². The highest BCUT2D eigenvalue weighted by Gasteiger charge is 2.28. The molecule has 0 aliphatic heterocycles. The molecule has 0 saturated carbocycles. The number of benzene rings is 4. The summed E-state index contributed by atoms with van der Waals surface area (Å²) in [4.78, 5) is 48.1. The molecule has 0 aliphatic carbocycles. The van der Waals surface area contributed by atoms with Gasteiger partial charge in [0.2, 0.25) is 0 Å². The van der Waals surface area contributed by atoms with Crippen LogP contribution in [0.15, 0.2) is 84.9 Å². The average Bonchev–Trinajstić information content (AvgIpc) is 2.88. The zero-order valence-electron chi connectivity index (χ0n) is 18.9. The number of carboxylic acid groups (broad SMARTS) is 4. The van der Waals surface area contributed by atoms with Crippen molar-refractivity contribution in [2.75, 3.05) is 0 Å². The predicted molar refractivity (Wildman–Crippen MR) is 132 cm³/mol. The van der Waals surface area contributed by atoms with Gasteiger partial charge in [0.1, 0.15) is 11.5 Å². The molecule has 184 valence electrons. The van der Waals surface area contributed by atoms with E-state index in [-0.39, 0.29) is 22.6 Å². The van der Waals surface area contributed by atoms with Crippen LogP contribution in [0.3, 0.4) is 0 Å². The van der Waals surface area contributed by atoms with Crippen LogP contribution in [0, 0.1) is 0 Å². The summed E-state index contributed by atoms with van der Waals surface area (Å²) < 4.78 is 6.09. The van der Waals surface area contributed by atoms with Crippen molar-refractivity contribution in [2.24, 2.45) is 0 Å². The third-order valence-electron chi connectivity index (χ3n) is 5.57. The molecule has 4 aromatic rings. The molecule has 0 atom stereocenters. The van der Waals surface area contributed by atoms with Crippen molar-refractivity contribution in [1.29, 1.82) is 0 Å². The van der Waals surface area contributed by atoms with Gasteiger partial charge in [-0.15, -0.1) is 0 Å². The molecule has 9 heteroatoms. The SMILES string of the molecule is O=C(O)c1ccc(Oc2ccc(C(=O)O)c(C(=O)O)c2-c2ccccc2)c(-c2ccccc2)c1C(=O)O. The van der Waals surface area contributed by atoms with E-state index in [1.807, 2.05) is 0 Å². The molecule has 9 nitrogen and oxygen atoms in total. The van der Waals surface area contributed by atoms with E-state index in [4.69, 9.17) is 4.74 Å². The van der Waals surface area contributed by atoms with E-state index in [2.05, 4.69) is 0 Å². The Kier molecular flexibility index (Phi) is 6.70. The minimum absolute atomic E-state index is 0.0359. The molecular weight excluding hydrogens is 480 g/mol. The van der Waals surface area contributed by atoms with Gasteiger partial charge in [0.15, 0.2) is 0 Å². The van der Waals surface area contributed by atoms with Crippen molar-refractivity contribution in [1.82, 2.24) is 0 Å². The Bertz CT molecular complexity index is 1420. The molecule has 0 saturated heterocycles. The zero-order valence-corrected chi connectivity index (χ0v) is 18.9. The van der Waals surface area contributed by atoms with Gasteiger partial charge in [0.05, 0.1) is 22.3 Å². The second-order valence-electron chi connectivity index (χ2n) is 7.78. The van der Waals surface area contributed by atoms with Crippen LogP contribution in [0.1, 0.15) is 41.4 Å². The Labute approximate surface area is 209 Å². The second kappa shape index (κ2) is 10.0. The first kappa shape index (κ1) is 24.7. The Hall–Kier alpha value is -5.44. The molecule has 4 rings (SSSR count). The minimum Gasteiger partial charge on any atom is -0.478 e. The number of hydrogen-bond donors (Lipinski definition) is 4. The Balaban J connectivity index is 2.05. The molecule has 4 aromatic carbocycles. The molecule has 0 aromatic heterocycles. The predicted octanol–water partition coefficient (Wildman–Crippen LogP) is 5.61. The summed E-state index contributed by atoms with van der Waals surface area (Å²) in [6, 6.07) is 21.0. The van der Waals surface area contributed by atoms with Crippen molar-refractivity contribution >= 4 is 23.9 Å². The summed E-state index contributed by atoms with van der Waals surface area (Å²) in [5.74, 6) is -6.04. The summed E-state index contributed by atoms with van der Waals surface area (Å²) >= 11 is 0. The number of carboxylic acids is 4. The van der Waals surface area contributed by atoms with Crippen LogP contribution in [0.4, 0.5) is 0 Å². The fourth-order valence-corrected chi connectivity index (χ4v) is 4.04. The summed E-state index contributed by atoms with van der Waals surface area (Å²) in [5.41, 5.74) is -1.34. The van der Waals surface area contributed by atoms with Crippen LogP contribution in [-0.4, -0.2) is 44.3 Å². The lowest BCUT2D eigenvalue weighted by Gasteiger charge is -2.19. The number of rotatable bonds is 8. The van der Waals surface area contributed by atoms with Crippen molar-refractivity contribution < 1.29 is 44.3 Å². The molecule has 0 bridgehead atoms. The number of aromatic carboxylic acids is 4. The monoisotopic (exact) mass is 498 g/mol. The van der Waals surface area contributed by atoms with Gasteiger partial charge in [-0.2, -0.15) is 0 Å². The van der Waals surface area contributed by atoms with Gasteiger partial charge in [-0.1, -0.05) is 60.7 Å². The Morgan fingerprint density at radius 2 is 0.811 bits per heavy atom. The van der Waals surface area contributed by atoms with E-state index in [1.54, 1.807) is 60.7 Å². The van der Waals surface area contributed by atoms with E-state index in [1.165, 1.54) is 12.1 Å². The average molecular weight is 498 g/mol. The zero-order chi connectivity index (χ0) is 26.7. The van der Waals surface area contributed by atoms with Gasteiger partial charge in [0, 0.05) is 11.1 Å². The lowest BCUT2D eigenvalue weighted by atomic mass is 9.93. The Morgan fingerprint density at radius 3 is 1.11 bits per heavy atom. The van der Waals surface area contributed by atoms with Gasteiger partial charge in [-0.05, 0) is 35.4 Å². The first-order chi connectivity index (χ1) is 17.7. The van der Waals surface area contributed by atoms with Crippen LogP contribution >= 0.6 is 0 Å². The first-order valence-electron chi connectivity index (χ1n) is 10.8. The van der Waals surface area contributed by atoms with Crippen molar-refractivity contribution in [3.63, 3.8) is 0 Å². The molecule has 4 N–H and O–H groups in total. The largest absolute Gasteiger partial charge is 0.478 e.